The average Bonchev–Trinajstić information content (AvgIpc) is 3.54. The van der Waals surface area contributed by atoms with Gasteiger partial charge >= 0.3 is 0 Å². The molecule has 2 saturated heterocycles. The maximum absolute atomic E-state index is 5.74. The normalized spacial score (nSPS) is 19.7. The maximum Gasteiger partial charge on any atom is 0.205 e. The van der Waals surface area contributed by atoms with E-state index in [0.29, 0.717) is 0 Å². The van der Waals surface area contributed by atoms with Gasteiger partial charge < -0.3 is 19.5 Å². The lowest BCUT2D eigenvalue weighted by molar-refractivity contribution is 0.213. The van der Waals surface area contributed by atoms with Gasteiger partial charge in [0.15, 0.2) is 5.96 Å². The molecule has 1 unspecified atom stereocenters. The van der Waals surface area contributed by atoms with Crippen molar-refractivity contribution in [2.24, 2.45) is 4.99 Å². The zero-order chi connectivity index (χ0) is 20.1. The molecule has 0 saturated carbocycles. The SMILES string of the molecule is CCc1nsc(N2CCN(C(=NC)NCC(c3ccco3)N3CCCC3)CC2)n1. The van der Waals surface area contributed by atoms with E-state index in [1.807, 2.05) is 13.1 Å². The molecule has 4 rings (SSSR count). The molecule has 29 heavy (non-hydrogen) atoms. The first-order valence-electron chi connectivity index (χ1n) is 10.6. The molecular weight excluding hydrogens is 386 g/mol. The Morgan fingerprint density at radius 2 is 2.03 bits per heavy atom. The number of aryl methyl sites for hydroxylation is 1. The summed E-state index contributed by atoms with van der Waals surface area (Å²) in [4.78, 5) is 16.3. The standard InChI is InChI=1S/C20H31N7OS/c1-3-18-23-20(29-24-18)27-12-10-26(11-13-27)19(21-2)22-15-16(17-7-6-14-28-17)25-8-4-5-9-25/h6-7,14,16H,3-5,8-13,15H2,1-2H3,(H,21,22). The third-order valence-corrected chi connectivity index (χ3v) is 6.56. The summed E-state index contributed by atoms with van der Waals surface area (Å²) in [6.07, 6.45) is 5.18. The van der Waals surface area contributed by atoms with E-state index >= 15 is 0 Å². The Labute approximate surface area is 176 Å². The first kappa shape index (κ1) is 20.2. The van der Waals surface area contributed by atoms with Crippen LogP contribution in [0, 0.1) is 0 Å². The Balaban J connectivity index is 1.33. The Kier molecular flexibility index (Phi) is 6.66. The van der Waals surface area contributed by atoms with Crippen LogP contribution in [0.3, 0.4) is 0 Å². The van der Waals surface area contributed by atoms with E-state index in [9.17, 15) is 0 Å². The van der Waals surface area contributed by atoms with E-state index in [1.165, 1.54) is 24.4 Å². The van der Waals surface area contributed by atoms with Gasteiger partial charge in [-0.3, -0.25) is 9.89 Å². The van der Waals surface area contributed by atoms with Crippen molar-refractivity contribution in [3.05, 3.63) is 30.0 Å². The van der Waals surface area contributed by atoms with Crippen LogP contribution in [0.1, 0.15) is 37.4 Å². The average molecular weight is 418 g/mol. The lowest BCUT2D eigenvalue weighted by atomic mass is 10.2. The van der Waals surface area contributed by atoms with Crippen molar-refractivity contribution in [1.29, 1.82) is 0 Å². The van der Waals surface area contributed by atoms with Crippen LogP contribution in [-0.4, -0.2) is 78.0 Å². The largest absolute Gasteiger partial charge is 0.468 e. The first-order chi connectivity index (χ1) is 14.3. The summed E-state index contributed by atoms with van der Waals surface area (Å²) in [6.45, 7) is 8.89. The lowest BCUT2D eigenvalue weighted by Crippen LogP contribution is -2.53. The van der Waals surface area contributed by atoms with Crippen LogP contribution in [0.4, 0.5) is 5.13 Å². The fraction of sp³-hybridized carbons (Fsp3) is 0.650. The van der Waals surface area contributed by atoms with Gasteiger partial charge in [-0.05, 0) is 38.1 Å². The Hall–Kier alpha value is -2.13. The Morgan fingerprint density at radius 1 is 1.24 bits per heavy atom. The van der Waals surface area contributed by atoms with Gasteiger partial charge in [0.1, 0.15) is 11.6 Å². The van der Waals surface area contributed by atoms with Crippen LogP contribution in [0.5, 0.6) is 0 Å². The topological polar surface area (TPSA) is 73.0 Å². The zero-order valence-corrected chi connectivity index (χ0v) is 18.2. The minimum Gasteiger partial charge on any atom is -0.468 e. The number of nitrogens with one attached hydrogen (secondary N) is 1. The molecule has 8 nitrogen and oxygen atoms in total. The fourth-order valence-corrected chi connectivity index (χ4v) is 4.89. The van der Waals surface area contributed by atoms with Gasteiger partial charge in [-0.2, -0.15) is 4.37 Å². The highest BCUT2D eigenvalue weighted by molar-refractivity contribution is 7.09. The molecule has 0 aliphatic carbocycles. The van der Waals surface area contributed by atoms with Crippen LogP contribution in [-0.2, 0) is 6.42 Å². The van der Waals surface area contributed by atoms with E-state index in [0.717, 1.165) is 74.9 Å². The number of guanidine groups is 1. The summed E-state index contributed by atoms with van der Waals surface area (Å²) in [6, 6.07) is 4.31. The highest BCUT2D eigenvalue weighted by Gasteiger charge is 2.27. The molecule has 0 bridgehead atoms. The van der Waals surface area contributed by atoms with Gasteiger partial charge in [0.2, 0.25) is 5.13 Å². The number of furan rings is 1. The smallest absolute Gasteiger partial charge is 0.205 e. The minimum atomic E-state index is 0.249. The molecule has 0 aromatic carbocycles. The number of aromatic nitrogens is 2. The fourth-order valence-electron chi connectivity index (χ4n) is 4.09. The molecule has 1 N–H and O–H groups in total. The second kappa shape index (κ2) is 9.58. The molecule has 2 aliphatic rings. The second-order valence-corrected chi connectivity index (χ2v) is 8.25. The van der Waals surface area contributed by atoms with E-state index in [1.54, 1.807) is 6.26 Å². The molecule has 2 aliphatic heterocycles. The molecule has 0 radical (unpaired) electrons. The van der Waals surface area contributed by atoms with Crippen molar-refractivity contribution in [2.75, 3.05) is 57.8 Å². The Morgan fingerprint density at radius 3 is 2.66 bits per heavy atom. The third-order valence-electron chi connectivity index (χ3n) is 5.74. The number of rotatable bonds is 6. The van der Waals surface area contributed by atoms with Crippen molar-refractivity contribution in [3.63, 3.8) is 0 Å². The minimum absolute atomic E-state index is 0.249. The van der Waals surface area contributed by atoms with Crippen LogP contribution in [0.25, 0.3) is 0 Å². The van der Waals surface area contributed by atoms with E-state index in [2.05, 4.69) is 47.4 Å². The molecule has 2 aromatic heterocycles. The molecule has 9 heteroatoms. The number of anilines is 1. The highest BCUT2D eigenvalue weighted by atomic mass is 32.1. The van der Waals surface area contributed by atoms with Gasteiger partial charge in [-0.15, -0.1) is 0 Å². The molecule has 2 aromatic rings. The number of hydrogen-bond donors (Lipinski definition) is 1. The monoisotopic (exact) mass is 417 g/mol. The van der Waals surface area contributed by atoms with E-state index in [4.69, 9.17) is 4.42 Å². The van der Waals surface area contributed by atoms with Crippen molar-refractivity contribution in [1.82, 2.24) is 24.5 Å². The number of likely N-dealkylation sites (tertiary alicyclic amines) is 1. The third kappa shape index (κ3) is 4.72. The summed E-state index contributed by atoms with van der Waals surface area (Å²) >= 11 is 1.51. The van der Waals surface area contributed by atoms with Crippen LogP contribution in [0.2, 0.25) is 0 Å². The predicted octanol–water partition coefficient (Wildman–Crippen LogP) is 2.23. The molecule has 0 amide bonds. The maximum atomic E-state index is 5.74. The zero-order valence-electron chi connectivity index (χ0n) is 17.4. The number of hydrogen-bond acceptors (Lipinski definition) is 7. The van der Waals surface area contributed by atoms with Crippen molar-refractivity contribution >= 4 is 22.6 Å². The van der Waals surface area contributed by atoms with E-state index in [-0.39, 0.29) is 6.04 Å². The second-order valence-electron chi connectivity index (χ2n) is 7.52. The molecule has 1 atom stereocenters. The predicted molar refractivity (Wildman–Crippen MR) is 117 cm³/mol. The molecule has 4 heterocycles. The number of piperazine rings is 1. The first-order valence-corrected chi connectivity index (χ1v) is 11.4. The Bertz CT molecular complexity index is 777. The van der Waals surface area contributed by atoms with E-state index < -0.39 is 0 Å². The molecular formula is C20H31N7OS. The molecule has 2 fully saturated rings. The molecule has 0 spiro atoms. The van der Waals surface area contributed by atoms with Gasteiger partial charge in [-0.1, -0.05) is 6.92 Å². The highest BCUT2D eigenvalue weighted by Crippen LogP contribution is 2.25. The number of aliphatic imine (C=N–C) groups is 1. The van der Waals surface area contributed by atoms with Gasteiger partial charge in [0.05, 0.1) is 12.3 Å². The van der Waals surface area contributed by atoms with Crippen LogP contribution < -0.4 is 10.2 Å². The van der Waals surface area contributed by atoms with Crippen LogP contribution >= 0.6 is 11.5 Å². The van der Waals surface area contributed by atoms with Crippen molar-refractivity contribution < 1.29 is 4.42 Å². The summed E-state index contributed by atoms with van der Waals surface area (Å²) in [5.41, 5.74) is 0. The number of nitrogens with zero attached hydrogens (tertiary/aromatic N) is 6. The molecule has 158 valence electrons. The summed E-state index contributed by atoms with van der Waals surface area (Å²) in [5, 5.41) is 4.64. The quantitative estimate of drug-likeness (QED) is 0.571. The van der Waals surface area contributed by atoms with Gasteiger partial charge in [0.25, 0.3) is 0 Å². The van der Waals surface area contributed by atoms with Crippen molar-refractivity contribution in [2.45, 2.75) is 32.2 Å². The summed E-state index contributed by atoms with van der Waals surface area (Å²) in [5.74, 6) is 2.94. The van der Waals surface area contributed by atoms with Crippen molar-refractivity contribution in [3.8, 4) is 0 Å². The van der Waals surface area contributed by atoms with Gasteiger partial charge in [0, 0.05) is 57.7 Å². The summed E-state index contributed by atoms with van der Waals surface area (Å²) in [7, 11) is 1.87. The summed E-state index contributed by atoms with van der Waals surface area (Å²) < 4.78 is 10.2. The van der Waals surface area contributed by atoms with Crippen LogP contribution in [0.15, 0.2) is 27.8 Å². The lowest BCUT2D eigenvalue weighted by Gasteiger charge is -2.37. The van der Waals surface area contributed by atoms with Gasteiger partial charge in [-0.25, -0.2) is 4.98 Å².